The molecule has 4 heteroatoms. The number of rotatable bonds is 2. The lowest BCUT2D eigenvalue weighted by Gasteiger charge is -2.09. The molecule has 2 aromatic rings. The van der Waals surface area contributed by atoms with E-state index < -0.39 is 0 Å². The van der Waals surface area contributed by atoms with Gasteiger partial charge in [0.15, 0.2) is 17.1 Å². The molecule has 2 rings (SSSR count). The molecule has 1 aromatic carbocycles. The maximum atomic E-state index is 5.85. The number of methoxy groups -OCH3 is 2. The van der Waals surface area contributed by atoms with Gasteiger partial charge in [0.2, 0.25) is 0 Å². The summed E-state index contributed by atoms with van der Waals surface area (Å²) in [7, 11) is 3.12. The lowest BCUT2D eigenvalue weighted by Crippen LogP contribution is -1.96. The lowest BCUT2D eigenvalue weighted by molar-refractivity contribution is 0.357. The average molecular weight is 193 g/mol. The highest BCUT2D eigenvalue weighted by molar-refractivity contribution is 5.93. The van der Waals surface area contributed by atoms with Crippen molar-refractivity contribution in [3.63, 3.8) is 0 Å². The van der Waals surface area contributed by atoms with Crippen LogP contribution in [-0.4, -0.2) is 14.2 Å². The van der Waals surface area contributed by atoms with Gasteiger partial charge in [0, 0.05) is 5.39 Å². The molecule has 0 fully saturated rings. The topological polar surface area (TPSA) is 57.6 Å². The summed E-state index contributed by atoms with van der Waals surface area (Å²) in [6, 6.07) is 3.65. The molecule has 0 radical (unpaired) electrons. The van der Waals surface area contributed by atoms with Crippen molar-refractivity contribution in [2.24, 2.45) is 0 Å². The monoisotopic (exact) mass is 193 g/mol. The Hall–Kier alpha value is -1.84. The zero-order valence-electron chi connectivity index (χ0n) is 8.03. The molecule has 4 nitrogen and oxygen atoms in total. The second-order valence-electron chi connectivity index (χ2n) is 2.86. The molecule has 0 amide bonds. The van der Waals surface area contributed by atoms with E-state index in [-0.39, 0.29) is 0 Å². The number of benzene rings is 1. The predicted molar refractivity (Wildman–Crippen MR) is 53.7 cm³/mol. The Morgan fingerprint density at radius 3 is 2.71 bits per heavy atom. The summed E-state index contributed by atoms with van der Waals surface area (Å²) in [5, 5.41) is 0.903. The fourth-order valence-corrected chi connectivity index (χ4v) is 1.46. The largest absolute Gasteiger partial charge is 0.493 e. The number of ether oxygens (including phenoxy) is 2. The second-order valence-corrected chi connectivity index (χ2v) is 2.86. The van der Waals surface area contributed by atoms with Crippen LogP contribution in [0.5, 0.6) is 11.5 Å². The molecule has 0 aliphatic carbocycles. The molecule has 0 aliphatic heterocycles. The first kappa shape index (κ1) is 8.74. The highest BCUT2D eigenvalue weighted by Gasteiger charge is 2.13. The number of furan rings is 1. The van der Waals surface area contributed by atoms with Crippen molar-refractivity contribution in [1.82, 2.24) is 0 Å². The van der Waals surface area contributed by atoms with Gasteiger partial charge >= 0.3 is 0 Å². The fraction of sp³-hybridized carbons (Fsp3) is 0.200. The molecule has 0 spiro atoms. The van der Waals surface area contributed by atoms with Gasteiger partial charge in [-0.05, 0) is 12.1 Å². The molecular formula is C10H11NO3. The van der Waals surface area contributed by atoms with Gasteiger partial charge in [-0.15, -0.1) is 0 Å². The van der Waals surface area contributed by atoms with Crippen molar-refractivity contribution >= 4 is 16.7 Å². The van der Waals surface area contributed by atoms with Gasteiger partial charge in [-0.3, -0.25) is 0 Å². The van der Waals surface area contributed by atoms with E-state index in [4.69, 9.17) is 19.6 Å². The van der Waals surface area contributed by atoms with E-state index in [0.29, 0.717) is 22.8 Å². The number of anilines is 1. The molecule has 0 atom stereocenters. The highest BCUT2D eigenvalue weighted by atomic mass is 16.5. The minimum Gasteiger partial charge on any atom is -0.493 e. The van der Waals surface area contributed by atoms with Crippen LogP contribution in [0.4, 0.5) is 5.69 Å². The third-order valence-corrected chi connectivity index (χ3v) is 2.12. The lowest BCUT2D eigenvalue weighted by atomic mass is 10.2. The second kappa shape index (κ2) is 3.14. The number of hydrogen-bond donors (Lipinski definition) is 1. The minimum absolute atomic E-state index is 0.465. The third kappa shape index (κ3) is 1.08. The standard InChI is InChI=1S/C10H11NO3/c1-12-7-5-6-3-4-14-9(6)8(11)10(7)13-2/h3-5H,11H2,1-2H3. The van der Waals surface area contributed by atoms with Crippen LogP contribution >= 0.6 is 0 Å². The van der Waals surface area contributed by atoms with Gasteiger partial charge in [0.05, 0.1) is 20.5 Å². The van der Waals surface area contributed by atoms with Crippen LogP contribution in [0.1, 0.15) is 0 Å². The van der Waals surface area contributed by atoms with Crippen molar-refractivity contribution in [3.8, 4) is 11.5 Å². The third-order valence-electron chi connectivity index (χ3n) is 2.12. The molecule has 14 heavy (non-hydrogen) atoms. The molecular weight excluding hydrogens is 182 g/mol. The van der Waals surface area contributed by atoms with E-state index in [2.05, 4.69) is 0 Å². The molecule has 0 unspecified atom stereocenters. The number of hydrogen-bond acceptors (Lipinski definition) is 4. The summed E-state index contributed by atoms with van der Waals surface area (Å²) in [5.41, 5.74) is 6.94. The van der Waals surface area contributed by atoms with E-state index in [1.807, 2.05) is 12.1 Å². The van der Waals surface area contributed by atoms with E-state index in [0.717, 1.165) is 5.39 Å². The predicted octanol–water partition coefficient (Wildman–Crippen LogP) is 2.03. The minimum atomic E-state index is 0.465. The summed E-state index contributed by atoms with van der Waals surface area (Å²) in [6.07, 6.45) is 1.58. The van der Waals surface area contributed by atoms with E-state index >= 15 is 0 Å². The summed E-state index contributed by atoms with van der Waals surface area (Å²) >= 11 is 0. The number of nitrogens with two attached hydrogens (primary N) is 1. The van der Waals surface area contributed by atoms with Crippen molar-refractivity contribution in [1.29, 1.82) is 0 Å². The fourth-order valence-electron chi connectivity index (χ4n) is 1.46. The van der Waals surface area contributed by atoms with Gasteiger partial charge in [-0.25, -0.2) is 0 Å². The summed E-state index contributed by atoms with van der Waals surface area (Å²) in [4.78, 5) is 0. The molecule has 0 bridgehead atoms. The molecule has 0 saturated heterocycles. The molecule has 2 N–H and O–H groups in total. The van der Waals surface area contributed by atoms with E-state index in [1.165, 1.54) is 0 Å². The van der Waals surface area contributed by atoms with Crippen molar-refractivity contribution in [2.75, 3.05) is 20.0 Å². The van der Waals surface area contributed by atoms with Crippen LogP contribution < -0.4 is 15.2 Å². The highest BCUT2D eigenvalue weighted by Crippen LogP contribution is 2.39. The van der Waals surface area contributed by atoms with Crippen LogP contribution in [0.15, 0.2) is 22.8 Å². The molecule has 0 aliphatic rings. The summed E-state index contributed by atoms with van der Waals surface area (Å²) in [6.45, 7) is 0. The smallest absolute Gasteiger partial charge is 0.187 e. The van der Waals surface area contributed by atoms with Gasteiger partial charge in [0.25, 0.3) is 0 Å². The van der Waals surface area contributed by atoms with E-state index in [1.54, 1.807) is 20.5 Å². The van der Waals surface area contributed by atoms with Gasteiger partial charge in [-0.1, -0.05) is 0 Å². The quantitative estimate of drug-likeness (QED) is 0.741. The Labute approximate surface area is 81.2 Å². The Kier molecular flexibility index (Phi) is 1.96. The Morgan fingerprint density at radius 2 is 2.07 bits per heavy atom. The zero-order valence-corrected chi connectivity index (χ0v) is 8.03. The Bertz CT molecular complexity index is 462. The maximum absolute atomic E-state index is 5.85. The SMILES string of the molecule is COc1cc2ccoc2c(N)c1OC. The molecule has 74 valence electrons. The van der Waals surface area contributed by atoms with Gasteiger partial charge in [0.1, 0.15) is 5.69 Å². The van der Waals surface area contributed by atoms with Crippen molar-refractivity contribution < 1.29 is 13.9 Å². The average Bonchev–Trinajstić information content (AvgIpc) is 2.65. The van der Waals surface area contributed by atoms with Crippen LogP contribution in [0.2, 0.25) is 0 Å². The summed E-state index contributed by atoms with van der Waals surface area (Å²) < 4.78 is 15.5. The maximum Gasteiger partial charge on any atom is 0.187 e. The van der Waals surface area contributed by atoms with Gasteiger partial charge < -0.3 is 19.6 Å². The first-order chi connectivity index (χ1) is 6.77. The number of fused-ring (bicyclic) bond motifs is 1. The van der Waals surface area contributed by atoms with Crippen LogP contribution in [0, 0.1) is 0 Å². The molecule has 0 saturated carbocycles. The number of nitrogen functional groups attached to an aromatic ring is 1. The zero-order chi connectivity index (χ0) is 10.1. The first-order valence-electron chi connectivity index (χ1n) is 4.15. The van der Waals surface area contributed by atoms with Crippen LogP contribution in [-0.2, 0) is 0 Å². The molecule has 1 aromatic heterocycles. The van der Waals surface area contributed by atoms with Crippen LogP contribution in [0.25, 0.3) is 11.0 Å². The Morgan fingerprint density at radius 1 is 1.29 bits per heavy atom. The molecule has 1 heterocycles. The first-order valence-corrected chi connectivity index (χ1v) is 4.15. The summed E-state index contributed by atoms with van der Waals surface area (Å²) in [5.74, 6) is 1.12. The van der Waals surface area contributed by atoms with E-state index in [9.17, 15) is 0 Å². The Balaban J connectivity index is 2.79. The normalized spacial score (nSPS) is 10.4. The van der Waals surface area contributed by atoms with Crippen LogP contribution in [0.3, 0.4) is 0 Å². The van der Waals surface area contributed by atoms with Gasteiger partial charge in [-0.2, -0.15) is 0 Å². The van der Waals surface area contributed by atoms with Crippen molar-refractivity contribution in [2.45, 2.75) is 0 Å². The van der Waals surface area contributed by atoms with Crippen molar-refractivity contribution in [3.05, 3.63) is 18.4 Å².